The number of hydrogen-bond donors (Lipinski definition) is 1. The van der Waals surface area contributed by atoms with Gasteiger partial charge in [0.1, 0.15) is 0 Å². The lowest BCUT2D eigenvalue weighted by atomic mass is 9.99. The molecule has 16 heavy (non-hydrogen) atoms. The first-order valence-corrected chi connectivity index (χ1v) is 6.86. The van der Waals surface area contributed by atoms with Crippen LogP contribution in [-0.2, 0) is 4.74 Å². The molecule has 0 saturated carbocycles. The number of hydrogen-bond acceptors (Lipinski definition) is 3. The van der Waals surface area contributed by atoms with Crippen molar-refractivity contribution in [2.45, 2.75) is 57.7 Å². The third kappa shape index (κ3) is 3.19. The molecule has 2 unspecified atom stereocenters. The maximum Gasteiger partial charge on any atom is 0.0594 e. The fourth-order valence-corrected chi connectivity index (χ4v) is 3.02. The lowest BCUT2D eigenvalue weighted by molar-refractivity contribution is 0.0776. The van der Waals surface area contributed by atoms with E-state index >= 15 is 0 Å². The van der Waals surface area contributed by atoms with Gasteiger partial charge in [0, 0.05) is 25.2 Å². The lowest BCUT2D eigenvalue weighted by Gasteiger charge is -2.32. The molecule has 3 heteroatoms. The van der Waals surface area contributed by atoms with Gasteiger partial charge in [-0.15, -0.1) is 0 Å². The molecule has 2 rings (SSSR count). The summed E-state index contributed by atoms with van der Waals surface area (Å²) in [5.41, 5.74) is 0. The molecule has 2 aliphatic rings. The average molecular weight is 226 g/mol. The van der Waals surface area contributed by atoms with Crippen molar-refractivity contribution in [3.63, 3.8) is 0 Å². The van der Waals surface area contributed by atoms with Crippen molar-refractivity contribution >= 4 is 0 Å². The summed E-state index contributed by atoms with van der Waals surface area (Å²) in [5.74, 6) is 0. The molecule has 0 aromatic carbocycles. The van der Waals surface area contributed by atoms with E-state index in [2.05, 4.69) is 24.1 Å². The van der Waals surface area contributed by atoms with Gasteiger partial charge in [-0.25, -0.2) is 0 Å². The largest absolute Gasteiger partial charge is 0.377 e. The van der Waals surface area contributed by atoms with Crippen LogP contribution in [0, 0.1) is 0 Å². The van der Waals surface area contributed by atoms with Crippen LogP contribution >= 0.6 is 0 Å². The summed E-state index contributed by atoms with van der Waals surface area (Å²) < 4.78 is 5.56. The summed E-state index contributed by atoms with van der Waals surface area (Å²) >= 11 is 0. The highest BCUT2D eigenvalue weighted by atomic mass is 16.5. The van der Waals surface area contributed by atoms with Gasteiger partial charge < -0.3 is 10.1 Å². The smallest absolute Gasteiger partial charge is 0.0594 e. The Morgan fingerprint density at radius 2 is 2.12 bits per heavy atom. The minimum atomic E-state index is 0.358. The fourth-order valence-electron chi connectivity index (χ4n) is 3.02. The quantitative estimate of drug-likeness (QED) is 0.721. The Kier molecular flexibility index (Phi) is 4.62. The molecule has 1 N–H and O–H groups in total. The van der Waals surface area contributed by atoms with Crippen molar-refractivity contribution in [3.05, 3.63) is 0 Å². The topological polar surface area (TPSA) is 24.5 Å². The molecule has 94 valence electrons. The molecule has 0 aromatic rings. The van der Waals surface area contributed by atoms with Gasteiger partial charge in [0.15, 0.2) is 0 Å². The fraction of sp³-hybridized carbons (Fsp3) is 1.00. The molecular weight excluding hydrogens is 200 g/mol. The summed E-state index contributed by atoms with van der Waals surface area (Å²) in [6.45, 7) is 8.67. The molecule has 0 spiro atoms. The Balaban J connectivity index is 1.66. The first-order valence-electron chi connectivity index (χ1n) is 6.86. The molecule has 0 aliphatic carbocycles. The van der Waals surface area contributed by atoms with Crippen LogP contribution in [0.1, 0.15) is 39.5 Å². The minimum Gasteiger partial charge on any atom is -0.377 e. The average Bonchev–Trinajstić information content (AvgIpc) is 2.68. The summed E-state index contributed by atoms with van der Waals surface area (Å²) in [7, 11) is 0. The second-order valence-electron chi connectivity index (χ2n) is 5.37. The maximum atomic E-state index is 5.56. The number of fused-ring (bicyclic) bond motifs is 1. The molecule has 2 heterocycles. The molecule has 0 bridgehead atoms. The van der Waals surface area contributed by atoms with Gasteiger partial charge in [0.05, 0.1) is 12.7 Å². The molecule has 3 nitrogen and oxygen atoms in total. The van der Waals surface area contributed by atoms with Crippen molar-refractivity contribution in [2.24, 2.45) is 0 Å². The number of rotatable bonds is 5. The second kappa shape index (κ2) is 5.99. The number of nitrogens with zero attached hydrogens (tertiary/aromatic N) is 1. The van der Waals surface area contributed by atoms with Crippen LogP contribution in [0.25, 0.3) is 0 Å². The summed E-state index contributed by atoms with van der Waals surface area (Å²) in [4.78, 5) is 2.67. The van der Waals surface area contributed by atoms with Gasteiger partial charge in [-0.3, -0.25) is 4.90 Å². The van der Waals surface area contributed by atoms with Crippen LogP contribution in [-0.4, -0.2) is 49.3 Å². The first-order chi connectivity index (χ1) is 7.77. The Hall–Kier alpha value is -0.120. The van der Waals surface area contributed by atoms with E-state index in [4.69, 9.17) is 4.74 Å². The van der Waals surface area contributed by atoms with Gasteiger partial charge in [-0.2, -0.15) is 0 Å². The molecule has 2 atom stereocenters. The predicted octanol–water partition coefficient (Wildman–Crippen LogP) is 1.63. The highest BCUT2D eigenvalue weighted by molar-refractivity contribution is 4.93. The highest BCUT2D eigenvalue weighted by Crippen LogP contribution is 2.26. The van der Waals surface area contributed by atoms with Crippen molar-refractivity contribution in [1.82, 2.24) is 10.2 Å². The Morgan fingerprint density at radius 3 is 2.94 bits per heavy atom. The Labute approximate surface area is 99.5 Å². The van der Waals surface area contributed by atoms with E-state index in [1.165, 1.54) is 38.8 Å². The van der Waals surface area contributed by atoms with Crippen molar-refractivity contribution in [2.75, 3.05) is 26.2 Å². The lowest BCUT2D eigenvalue weighted by Crippen LogP contribution is -2.45. The van der Waals surface area contributed by atoms with Crippen molar-refractivity contribution in [1.29, 1.82) is 0 Å². The first kappa shape index (κ1) is 12.3. The second-order valence-corrected chi connectivity index (χ2v) is 5.37. The SMILES string of the molecule is CC(C)OCCNC1CCN2CCCCC12. The molecule has 0 aromatic heterocycles. The minimum absolute atomic E-state index is 0.358. The Bertz CT molecular complexity index is 208. The van der Waals surface area contributed by atoms with Crippen molar-refractivity contribution < 1.29 is 4.74 Å². The third-order valence-corrected chi connectivity index (χ3v) is 3.82. The van der Waals surface area contributed by atoms with Crippen LogP contribution in [0.5, 0.6) is 0 Å². The summed E-state index contributed by atoms with van der Waals surface area (Å²) in [6.07, 6.45) is 5.90. The van der Waals surface area contributed by atoms with Gasteiger partial charge in [0.25, 0.3) is 0 Å². The molecule has 2 saturated heterocycles. The normalized spacial score (nSPS) is 30.9. The van der Waals surface area contributed by atoms with Crippen molar-refractivity contribution in [3.8, 4) is 0 Å². The van der Waals surface area contributed by atoms with E-state index in [9.17, 15) is 0 Å². The zero-order valence-electron chi connectivity index (χ0n) is 10.7. The monoisotopic (exact) mass is 226 g/mol. The van der Waals surface area contributed by atoms with E-state index < -0.39 is 0 Å². The van der Waals surface area contributed by atoms with E-state index in [0.29, 0.717) is 6.10 Å². The molecular formula is C13H26N2O. The standard InChI is InChI=1S/C13H26N2O/c1-11(2)16-10-7-14-12-6-9-15-8-4-3-5-13(12)15/h11-14H,3-10H2,1-2H3. The predicted molar refractivity (Wildman–Crippen MR) is 66.7 cm³/mol. The van der Waals surface area contributed by atoms with E-state index in [0.717, 1.165) is 25.2 Å². The zero-order valence-corrected chi connectivity index (χ0v) is 10.7. The van der Waals surface area contributed by atoms with E-state index in [-0.39, 0.29) is 0 Å². The molecule has 0 radical (unpaired) electrons. The van der Waals surface area contributed by atoms with Crippen LogP contribution in [0.4, 0.5) is 0 Å². The van der Waals surface area contributed by atoms with Gasteiger partial charge in [-0.05, 0) is 39.7 Å². The summed E-state index contributed by atoms with van der Waals surface area (Å²) in [5, 5.41) is 3.67. The molecule has 2 aliphatic heterocycles. The van der Waals surface area contributed by atoms with Crippen LogP contribution < -0.4 is 5.32 Å². The van der Waals surface area contributed by atoms with E-state index in [1.54, 1.807) is 0 Å². The van der Waals surface area contributed by atoms with Gasteiger partial charge in [0.2, 0.25) is 0 Å². The maximum absolute atomic E-state index is 5.56. The van der Waals surface area contributed by atoms with E-state index in [1.807, 2.05) is 0 Å². The zero-order chi connectivity index (χ0) is 11.4. The summed E-state index contributed by atoms with van der Waals surface area (Å²) in [6, 6.07) is 1.53. The molecule has 0 amide bonds. The number of piperidine rings is 1. The van der Waals surface area contributed by atoms with Gasteiger partial charge >= 0.3 is 0 Å². The van der Waals surface area contributed by atoms with Crippen LogP contribution in [0.2, 0.25) is 0 Å². The van der Waals surface area contributed by atoms with Crippen LogP contribution in [0.15, 0.2) is 0 Å². The van der Waals surface area contributed by atoms with Gasteiger partial charge in [-0.1, -0.05) is 6.42 Å². The number of ether oxygens (including phenoxy) is 1. The third-order valence-electron chi connectivity index (χ3n) is 3.82. The number of nitrogens with one attached hydrogen (secondary N) is 1. The highest BCUT2D eigenvalue weighted by Gasteiger charge is 2.34. The molecule has 2 fully saturated rings. The van der Waals surface area contributed by atoms with Crippen LogP contribution in [0.3, 0.4) is 0 Å². The Morgan fingerprint density at radius 1 is 1.25 bits per heavy atom.